The maximum Gasteiger partial charge on any atom is 0.257 e. The Balaban J connectivity index is 2.11. The highest BCUT2D eigenvalue weighted by Gasteiger charge is 2.13. The fourth-order valence-electron chi connectivity index (χ4n) is 2.75. The van der Waals surface area contributed by atoms with Gasteiger partial charge >= 0.3 is 0 Å². The summed E-state index contributed by atoms with van der Waals surface area (Å²) in [6, 6.07) is 14.7. The van der Waals surface area contributed by atoms with E-state index in [0.29, 0.717) is 17.3 Å². The van der Waals surface area contributed by atoms with E-state index in [1.807, 2.05) is 30.3 Å². The van der Waals surface area contributed by atoms with Gasteiger partial charge in [0, 0.05) is 17.2 Å². The van der Waals surface area contributed by atoms with Gasteiger partial charge in [-0.3, -0.25) is 15.5 Å². The Morgan fingerprint density at radius 2 is 1.88 bits per heavy atom. The molecular weight excluding hydrogens is 332 g/mol. The summed E-state index contributed by atoms with van der Waals surface area (Å²) in [5, 5.41) is 11.3. The summed E-state index contributed by atoms with van der Waals surface area (Å²) in [6.45, 7) is 0. The summed E-state index contributed by atoms with van der Waals surface area (Å²) in [4.78, 5) is 16.4. The summed E-state index contributed by atoms with van der Waals surface area (Å²) < 4.78 is 10.5. The first-order valence-corrected chi connectivity index (χ1v) is 7.81. The fraction of sp³-hybridized carbons (Fsp3) is 0.105. The second kappa shape index (κ2) is 7.10. The topological polar surface area (TPSA) is 110 Å². The van der Waals surface area contributed by atoms with E-state index < -0.39 is 11.9 Å². The fourth-order valence-corrected chi connectivity index (χ4v) is 2.75. The van der Waals surface area contributed by atoms with Crippen molar-refractivity contribution in [2.75, 3.05) is 14.2 Å². The van der Waals surface area contributed by atoms with Crippen molar-refractivity contribution in [1.29, 1.82) is 5.41 Å². The minimum Gasteiger partial charge on any atom is -0.481 e. The van der Waals surface area contributed by atoms with Crippen LogP contribution in [0.1, 0.15) is 10.4 Å². The molecule has 7 heteroatoms. The number of fused-ring (bicyclic) bond motifs is 1. The van der Waals surface area contributed by atoms with E-state index >= 15 is 0 Å². The molecule has 1 amide bonds. The molecule has 0 unspecified atom stereocenters. The van der Waals surface area contributed by atoms with Gasteiger partial charge in [-0.1, -0.05) is 24.3 Å². The first-order valence-electron chi connectivity index (χ1n) is 7.81. The van der Waals surface area contributed by atoms with Crippen molar-refractivity contribution in [3.05, 3.63) is 54.1 Å². The number of nitrogens with one attached hydrogen (secondary N) is 2. The Bertz CT molecular complexity index is 1000. The average molecular weight is 350 g/mol. The smallest absolute Gasteiger partial charge is 0.257 e. The third-order valence-electron chi connectivity index (χ3n) is 3.92. The van der Waals surface area contributed by atoms with Gasteiger partial charge in [-0.05, 0) is 34.5 Å². The van der Waals surface area contributed by atoms with Crippen LogP contribution in [0.3, 0.4) is 0 Å². The standard InChI is InChI=1S/C19H18N4O3/c1-25-16-9-8-15(18(22-16)26-2)14-5-3-4-11-10-12(6-7-13(11)14)17(24)23-19(20)21/h3-10H,1-2H3,(H4,20,21,23,24). The van der Waals surface area contributed by atoms with Crippen molar-refractivity contribution in [3.63, 3.8) is 0 Å². The molecule has 0 atom stereocenters. The lowest BCUT2D eigenvalue weighted by atomic mass is 9.97. The summed E-state index contributed by atoms with van der Waals surface area (Å²) in [5.74, 6) is 0.107. The van der Waals surface area contributed by atoms with E-state index in [-0.39, 0.29) is 0 Å². The molecule has 1 aromatic heterocycles. The lowest BCUT2D eigenvalue weighted by Gasteiger charge is -2.12. The van der Waals surface area contributed by atoms with Gasteiger partial charge in [0.2, 0.25) is 11.8 Å². The highest BCUT2D eigenvalue weighted by Crippen LogP contribution is 2.35. The van der Waals surface area contributed by atoms with E-state index in [1.54, 1.807) is 32.4 Å². The van der Waals surface area contributed by atoms with Gasteiger partial charge in [-0.2, -0.15) is 4.98 Å². The number of hydrogen-bond donors (Lipinski definition) is 3. The number of carbonyl (C=O) groups is 1. The number of guanidine groups is 1. The van der Waals surface area contributed by atoms with Crippen molar-refractivity contribution >= 4 is 22.6 Å². The number of amides is 1. The monoisotopic (exact) mass is 350 g/mol. The first-order chi connectivity index (χ1) is 12.5. The SMILES string of the molecule is COc1ccc(-c2cccc3cc(C(=O)NC(=N)N)ccc23)c(OC)n1. The molecule has 0 bridgehead atoms. The normalized spacial score (nSPS) is 10.4. The molecule has 0 spiro atoms. The minimum atomic E-state index is -0.423. The number of hydrogen-bond acceptors (Lipinski definition) is 5. The predicted octanol–water partition coefficient (Wildman–Crippen LogP) is 2.54. The molecule has 0 saturated heterocycles. The molecule has 0 aliphatic carbocycles. The molecule has 7 nitrogen and oxygen atoms in total. The van der Waals surface area contributed by atoms with Crippen LogP contribution in [0.4, 0.5) is 0 Å². The maximum atomic E-state index is 12.0. The van der Waals surface area contributed by atoms with Crippen LogP contribution in [-0.4, -0.2) is 31.1 Å². The van der Waals surface area contributed by atoms with Gasteiger partial charge < -0.3 is 15.2 Å². The number of benzene rings is 2. The lowest BCUT2D eigenvalue weighted by molar-refractivity contribution is 0.0976. The second-order valence-corrected chi connectivity index (χ2v) is 5.52. The maximum absolute atomic E-state index is 12.0. The van der Waals surface area contributed by atoms with Crippen molar-refractivity contribution in [1.82, 2.24) is 10.3 Å². The molecule has 0 saturated carbocycles. The first kappa shape index (κ1) is 17.2. The lowest BCUT2D eigenvalue weighted by Crippen LogP contribution is -2.35. The van der Waals surface area contributed by atoms with Crippen LogP contribution < -0.4 is 20.5 Å². The van der Waals surface area contributed by atoms with E-state index in [4.69, 9.17) is 20.6 Å². The number of nitrogens with zero attached hydrogens (tertiary/aromatic N) is 1. The Hall–Kier alpha value is -3.61. The van der Waals surface area contributed by atoms with Crippen LogP contribution in [0, 0.1) is 5.41 Å². The minimum absolute atomic E-state index is 0.391. The Kier molecular flexibility index (Phi) is 4.70. The van der Waals surface area contributed by atoms with Crippen molar-refractivity contribution in [2.45, 2.75) is 0 Å². The van der Waals surface area contributed by atoms with Crippen molar-refractivity contribution in [3.8, 4) is 22.9 Å². The zero-order chi connectivity index (χ0) is 18.7. The van der Waals surface area contributed by atoms with Gasteiger partial charge in [0.1, 0.15) is 0 Å². The molecule has 132 valence electrons. The predicted molar refractivity (Wildman–Crippen MR) is 99.7 cm³/mol. The summed E-state index contributed by atoms with van der Waals surface area (Å²) in [5.41, 5.74) is 7.38. The molecule has 0 aliphatic heterocycles. The highest BCUT2D eigenvalue weighted by atomic mass is 16.5. The van der Waals surface area contributed by atoms with Gasteiger partial charge in [-0.25, -0.2) is 0 Å². The number of pyridine rings is 1. The second-order valence-electron chi connectivity index (χ2n) is 5.52. The van der Waals surface area contributed by atoms with Crippen molar-refractivity contribution < 1.29 is 14.3 Å². The van der Waals surface area contributed by atoms with Crippen molar-refractivity contribution in [2.24, 2.45) is 5.73 Å². The van der Waals surface area contributed by atoms with Gasteiger partial charge in [0.05, 0.1) is 14.2 Å². The molecule has 0 aliphatic rings. The number of carbonyl (C=O) groups excluding carboxylic acids is 1. The Morgan fingerprint density at radius 3 is 2.58 bits per heavy atom. The number of rotatable bonds is 4. The molecule has 1 heterocycles. The Morgan fingerprint density at radius 1 is 1.08 bits per heavy atom. The van der Waals surface area contributed by atoms with Gasteiger partial charge in [-0.15, -0.1) is 0 Å². The summed E-state index contributed by atoms with van der Waals surface area (Å²) >= 11 is 0. The zero-order valence-corrected chi connectivity index (χ0v) is 14.4. The quantitative estimate of drug-likeness (QED) is 0.495. The highest BCUT2D eigenvalue weighted by molar-refractivity contribution is 6.07. The van der Waals surface area contributed by atoms with E-state index in [9.17, 15) is 4.79 Å². The summed E-state index contributed by atoms with van der Waals surface area (Å²) in [6.07, 6.45) is 0. The molecule has 0 radical (unpaired) electrons. The molecule has 0 fully saturated rings. The van der Waals surface area contributed by atoms with Crippen LogP contribution in [0.5, 0.6) is 11.8 Å². The molecule has 2 aromatic carbocycles. The van der Waals surface area contributed by atoms with Gasteiger partial charge in [0.15, 0.2) is 5.96 Å². The van der Waals surface area contributed by atoms with Crippen LogP contribution in [-0.2, 0) is 0 Å². The van der Waals surface area contributed by atoms with Crippen LogP contribution in [0.15, 0.2) is 48.5 Å². The number of nitrogens with two attached hydrogens (primary N) is 1. The number of methoxy groups -OCH3 is 2. The number of ether oxygens (including phenoxy) is 2. The van der Waals surface area contributed by atoms with E-state index in [2.05, 4.69) is 10.3 Å². The Labute approximate surface area is 150 Å². The van der Waals surface area contributed by atoms with Crippen LogP contribution in [0.25, 0.3) is 21.9 Å². The number of aromatic nitrogens is 1. The third-order valence-corrected chi connectivity index (χ3v) is 3.92. The summed E-state index contributed by atoms with van der Waals surface area (Å²) in [7, 11) is 3.10. The molecule has 26 heavy (non-hydrogen) atoms. The largest absolute Gasteiger partial charge is 0.481 e. The zero-order valence-electron chi connectivity index (χ0n) is 14.4. The van der Waals surface area contributed by atoms with E-state index in [1.165, 1.54) is 0 Å². The van der Waals surface area contributed by atoms with Crippen LogP contribution >= 0.6 is 0 Å². The molecule has 3 rings (SSSR count). The van der Waals surface area contributed by atoms with Gasteiger partial charge in [0.25, 0.3) is 5.91 Å². The molecule has 4 N–H and O–H groups in total. The van der Waals surface area contributed by atoms with E-state index in [0.717, 1.165) is 21.9 Å². The molecule has 3 aromatic rings. The average Bonchev–Trinajstić information content (AvgIpc) is 2.66. The molecular formula is C19H18N4O3. The third kappa shape index (κ3) is 3.27. The van der Waals surface area contributed by atoms with Crippen LogP contribution in [0.2, 0.25) is 0 Å².